The Hall–Kier alpha value is -0.600. The van der Waals surface area contributed by atoms with E-state index in [-0.39, 0.29) is 6.61 Å². The average molecular weight is 320 g/mol. The van der Waals surface area contributed by atoms with Gasteiger partial charge in [0.1, 0.15) is 12.4 Å². The summed E-state index contributed by atoms with van der Waals surface area (Å²) in [5, 5.41) is 0. The van der Waals surface area contributed by atoms with Crippen molar-refractivity contribution < 1.29 is 26.7 Å². The summed E-state index contributed by atoms with van der Waals surface area (Å²) >= 11 is 3.12. The fourth-order valence-corrected chi connectivity index (χ4v) is 1.53. The van der Waals surface area contributed by atoms with Crippen LogP contribution in [0.2, 0.25) is 0 Å². The number of ether oxygens (including phenoxy) is 1. The van der Waals surface area contributed by atoms with E-state index in [1.807, 2.05) is 0 Å². The van der Waals surface area contributed by atoms with Crippen LogP contribution < -0.4 is 5.73 Å². The molecular formula is C9H10BrF4NO2. The molecule has 1 aromatic rings. The average Bonchev–Trinajstić information content (AvgIpc) is 2.63. The molecule has 0 bridgehead atoms. The van der Waals surface area contributed by atoms with E-state index in [1.54, 1.807) is 6.07 Å². The Labute approximate surface area is 103 Å². The standard InChI is InChI=1S/C9H10BrF4NO2/c10-5-1-2-17-7(5)6(15)3-16-4-9(13,14)8(11)12/h1-2,6,8H,3-4,15H2. The van der Waals surface area contributed by atoms with E-state index in [0.717, 1.165) is 0 Å². The highest BCUT2D eigenvalue weighted by Gasteiger charge is 2.41. The van der Waals surface area contributed by atoms with E-state index in [2.05, 4.69) is 20.7 Å². The van der Waals surface area contributed by atoms with Crippen molar-refractivity contribution in [1.82, 2.24) is 0 Å². The van der Waals surface area contributed by atoms with Crippen molar-refractivity contribution in [3.05, 3.63) is 22.6 Å². The maximum atomic E-state index is 12.5. The van der Waals surface area contributed by atoms with Gasteiger partial charge in [-0.25, -0.2) is 8.78 Å². The molecule has 2 N–H and O–H groups in total. The highest BCUT2D eigenvalue weighted by molar-refractivity contribution is 9.10. The van der Waals surface area contributed by atoms with E-state index in [9.17, 15) is 17.6 Å². The third kappa shape index (κ3) is 3.97. The van der Waals surface area contributed by atoms with Crippen LogP contribution >= 0.6 is 15.9 Å². The maximum Gasteiger partial charge on any atom is 0.330 e. The molecule has 0 spiro atoms. The zero-order chi connectivity index (χ0) is 13.1. The minimum absolute atomic E-state index is 0.311. The Balaban J connectivity index is 2.40. The van der Waals surface area contributed by atoms with Crippen molar-refractivity contribution in [2.45, 2.75) is 18.4 Å². The summed E-state index contributed by atoms with van der Waals surface area (Å²) in [4.78, 5) is 0. The fraction of sp³-hybridized carbons (Fsp3) is 0.556. The Bertz CT molecular complexity index is 359. The minimum Gasteiger partial charge on any atom is -0.466 e. The molecule has 1 unspecified atom stereocenters. The van der Waals surface area contributed by atoms with Crippen molar-refractivity contribution in [2.24, 2.45) is 5.73 Å². The van der Waals surface area contributed by atoms with Crippen molar-refractivity contribution in [1.29, 1.82) is 0 Å². The van der Waals surface area contributed by atoms with Crippen LogP contribution in [0.25, 0.3) is 0 Å². The Kier molecular flexibility index (Phi) is 4.96. The highest BCUT2D eigenvalue weighted by atomic mass is 79.9. The van der Waals surface area contributed by atoms with E-state index >= 15 is 0 Å². The minimum atomic E-state index is -4.17. The quantitative estimate of drug-likeness (QED) is 0.820. The lowest BCUT2D eigenvalue weighted by Crippen LogP contribution is -2.33. The van der Waals surface area contributed by atoms with Gasteiger partial charge in [0.15, 0.2) is 0 Å². The Morgan fingerprint density at radius 2 is 2.12 bits per heavy atom. The summed E-state index contributed by atoms with van der Waals surface area (Å²) in [5.74, 6) is -3.86. The molecule has 98 valence electrons. The molecule has 0 aromatic carbocycles. The van der Waals surface area contributed by atoms with Crippen LogP contribution in [0.5, 0.6) is 0 Å². The molecule has 0 saturated carbocycles. The van der Waals surface area contributed by atoms with Crippen molar-refractivity contribution in [3.63, 3.8) is 0 Å². The van der Waals surface area contributed by atoms with Gasteiger partial charge in [-0.1, -0.05) is 0 Å². The van der Waals surface area contributed by atoms with Crippen LogP contribution in [0.15, 0.2) is 21.2 Å². The van der Waals surface area contributed by atoms with Crippen LogP contribution in [0.4, 0.5) is 17.6 Å². The largest absolute Gasteiger partial charge is 0.466 e. The highest BCUT2D eigenvalue weighted by Crippen LogP contribution is 2.25. The Morgan fingerprint density at radius 3 is 2.59 bits per heavy atom. The first kappa shape index (κ1) is 14.5. The second-order valence-corrected chi connectivity index (χ2v) is 4.17. The molecule has 0 aliphatic carbocycles. The van der Waals surface area contributed by atoms with Gasteiger partial charge < -0.3 is 14.9 Å². The molecule has 17 heavy (non-hydrogen) atoms. The normalized spacial score (nSPS) is 14.3. The van der Waals surface area contributed by atoms with E-state index in [0.29, 0.717) is 10.2 Å². The first-order valence-electron chi connectivity index (χ1n) is 4.57. The lowest BCUT2D eigenvalue weighted by atomic mass is 10.2. The van der Waals surface area contributed by atoms with Crippen molar-refractivity contribution >= 4 is 15.9 Å². The molecule has 3 nitrogen and oxygen atoms in total. The predicted molar refractivity (Wildman–Crippen MR) is 55.1 cm³/mol. The lowest BCUT2D eigenvalue weighted by molar-refractivity contribution is -0.166. The molecule has 1 aromatic heterocycles. The summed E-state index contributed by atoms with van der Waals surface area (Å²) in [6.45, 7) is -1.72. The van der Waals surface area contributed by atoms with Gasteiger partial charge in [-0.3, -0.25) is 0 Å². The summed E-state index contributed by atoms with van der Waals surface area (Å²) < 4.78 is 58.5. The molecule has 1 heterocycles. The number of nitrogens with two attached hydrogens (primary N) is 1. The SMILES string of the molecule is NC(COCC(F)(F)C(F)F)c1occc1Br. The molecule has 0 aliphatic rings. The monoisotopic (exact) mass is 319 g/mol. The number of hydrogen-bond donors (Lipinski definition) is 1. The molecule has 0 saturated heterocycles. The molecule has 0 radical (unpaired) electrons. The summed E-state index contributed by atoms with van der Waals surface area (Å²) in [5.41, 5.74) is 5.56. The van der Waals surface area contributed by atoms with E-state index < -0.39 is 25.0 Å². The van der Waals surface area contributed by atoms with Crippen molar-refractivity contribution in [2.75, 3.05) is 13.2 Å². The smallest absolute Gasteiger partial charge is 0.330 e. The van der Waals surface area contributed by atoms with Gasteiger partial charge in [0.05, 0.1) is 23.4 Å². The van der Waals surface area contributed by atoms with Gasteiger partial charge in [-0.2, -0.15) is 8.78 Å². The van der Waals surface area contributed by atoms with Gasteiger partial charge in [0.25, 0.3) is 0 Å². The molecule has 0 amide bonds. The second kappa shape index (κ2) is 5.83. The molecule has 8 heteroatoms. The molecular weight excluding hydrogens is 310 g/mol. The van der Waals surface area contributed by atoms with Gasteiger partial charge in [0.2, 0.25) is 0 Å². The van der Waals surface area contributed by atoms with Gasteiger partial charge in [-0.05, 0) is 22.0 Å². The third-order valence-corrected chi connectivity index (χ3v) is 2.55. The topological polar surface area (TPSA) is 48.4 Å². The number of furan rings is 1. The fourth-order valence-electron chi connectivity index (χ4n) is 1.03. The molecule has 1 rings (SSSR count). The van der Waals surface area contributed by atoms with Crippen LogP contribution in [0.3, 0.4) is 0 Å². The summed E-state index contributed by atoms with van der Waals surface area (Å²) in [7, 11) is 0. The zero-order valence-electron chi connectivity index (χ0n) is 8.51. The van der Waals surface area contributed by atoms with Gasteiger partial charge >= 0.3 is 12.3 Å². The van der Waals surface area contributed by atoms with Crippen molar-refractivity contribution in [3.8, 4) is 0 Å². The van der Waals surface area contributed by atoms with Crippen LogP contribution in [0, 0.1) is 0 Å². The summed E-state index contributed by atoms with van der Waals surface area (Å²) in [6, 6.07) is 0.774. The predicted octanol–water partition coefficient (Wildman–Crippen LogP) is 2.96. The van der Waals surface area contributed by atoms with Crippen LogP contribution in [-0.4, -0.2) is 25.6 Å². The number of rotatable bonds is 6. The zero-order valence-corrected chi connectivity index (χ0v) is 10.1. The first-order chi connectivity index (χ1) is 7.84. The Morgan fingerprint density at radius 1 is 1.47 bits per heavy atom. The van der Waals surface area contributed by atoms with Crippen LogP contribution in [-0.2, 0) is 4.74 Å². The van der Waals surface area contributed by atoms with Gasteiger partial charge in [0, 0.05) is 0 Å². The third-order valence-electron chi connectivity index (χ3n) is 1.89. The van der Waals surface area contributed by atoms with Gasteiger partial charge in [-0.15, -0.1) is 0 Å². The molecule has 0 aliphatic heterocycles. The summed E-state index contributed by atoms with van der Waals surface area (Å²) in [6.07, 6.45) is -2.40. The lowest BCUT2D eigenvalue weighted by Gasteiger charge is -2.16. The number of hydrogen-bond acceptors (Lipinski definition) is 3. The first-order valence-corrected chi connectivity index (χ1v) is 5.36. The number of halogens is 5. The van der Waals surface area contributed by atoms with E-state index in [4.69, 9.17) is 10.2 Å². The number of alkyl halides is 4. The molecule has 0 fully saturated rings. The van der Waals surface area contributed by atoms with E-state index in [1.165, 1.54) is 6.26 Å². The maximum absolute atomic E-state index is 12.5. The molecule has 1 atom stereocenters. The second-order valence-electron chi connectivity index (χ2n) is 3.32. The van der Waals surface area contributed by atoms with Crippen LogP contribution in [0.1, 0.15) is 11.8 Å².